The summed E-state index contributed by atoms with van der Waals surface area (Å²) in [5.74, 6) is 2.87. The first-order chi connectivity index (χ1) is 19.1. The largest absolute Gasteiger partial charge is 0.481 e. The summed E-state index contributed by atoms with van der Waals surface area (Å²) in [5.41, 5.74) is 2.13. The summed E-state index contributed by atoms with van der Waals surface area (Å²) < 4.78 is 0. The van der Waals surface area contributed by atoms with Gasteiger partial charge in [0.15, 0.2) is 6.61 Å². The molecule has 0 spiro atoms. The summed E-state index contributed by atoms with van der Waals surface area (Å²) in [7, 11) is 0. The van der Waals surface area contributed by atoms with Crippen molar-refractivity contribution in [2.75, 3.05) is 13.2 Å². The van der Waals surface area contributed by atoms with E-state index in [0.717, 1.165) is 56.2 Å². The maximum Gasteiger partial charge on any atom is 0.304 e. The second kappa shape index (κ2) is 11.0. The zero-order chi connectivity index (χ0) is 28.5. The quantitative estimate of drug-likeness (QED) is 0.312. The minimum atomic E-state index is -0.978. The van der Waals surface area contributed by atoms with Crippen LogP contribution in [0.1, 0.15) is 83.1 Å². The first-order valence-corrected chi connectivity index (χ1v) is 14.7. The molecule has 0 aromatic heterocycles. The average Bonchev–Trinajstić information content (AvgIpc) is 3.22. The Labute approximate surface area is 237 Å². The molecule has 4 aliphatic rings. The van der Waals surface area contributed by atoms with Crippen LogP contribution in [0, 0.1) is 40.9 Å². The van der Waals surface area contributed by atoms with E-state index >= 15 is 0 Å². The lowest BCUT2D eigenvalue weighted by Crippen LogP contribution is -2.54. The number of benzene rings is 1. The maximum absolute atomic E-state index is 12.4. The van der Waals surface area contributed by atoms with E-state index < -0.39 is 11.6 Å². The van der Waals surface area contributed by atoms with Crippen molar-refractivity contribution in [1.29, 1.82) is 0 Å². The van der Waals surface area contributed by atoms with Crippen molar-refractivity contribution in [3.63, 3.8) is 0 Å². The Balaban J connectivity index is 1.17. The minimum Gasteiger partial charge on any atom is -0.481 e. The number of carbonyl (C=O) groups is 2. The van der Waals surface area contributed by atoms with Crippen LogP contribution in [0.5, 0.6) is 0 Å². The molecule has 214 valence electrons. The van der Waals surface area contributed by atoms with Crippen LogP contribution in [0.2, 0.25) is 0 Å². The van der Waals surface area contributed by atoms with Gasteiger partial charge in [-0.15, -0.1) is 6.42 Å². The van der Waals surface area contributed by atoms with Crippen LogP contribution >= 0.6 is 0 Å². The topological polar surface area (TPSA) is 108 Å². The molecule has 5 rings (SSSR count). The Hall–Kier alpha value is -3.11. The summed E-state index contributed by atoms with van der Waals surface area (Å²) in [4.78, 5) is 29.2. The second-order valence-electron chi connectivity index (χ2n) is 12.9. The van der Waals surface area contributed by atoms with Gasteiger partial charge >= 0.3 is 5.97 Å². The van der Waals surface area contributed by atoms with E-state index in [1.54, 1.807) is 0 Å². The number of hydrogen-bond acceptors (Lipinski definition) is 5. The van der Waals surface area contributed by atoms with E-state index in [-0.39, 0.29) is 42.2 Å². The molecule has 0 bridgehead atoms. The van der Waals surface area contributed by atoms with Crippen LogP contribution in [-0.2, 0) is 14.4 Å². The highest BCUT2D eigenvalue weighted by Crippen LogP contribution is 2.67. The number of carbonyl (C=O) groups excluding carboxylic acids is 1. The summed E-state index contributed by atoms with van der Waals surface area (Å²) in [6, 6.07) is 9.34. The van der Waals surface area contributed by atoms with Crippen LogP contribution < -0.4 is 5.32 Å². The highest BCUT2D eigenvalue weighted by atomic mass is 16.6. The molecule has 40 heavy (non-hydrogen) atoms. The van der Waals surface area contributed by atoms with Gasteiger partial charge in [-0.25, -0.2) is 0 Å². The summed E-state index contributed by atoms with van der Waals surface area (Å²) >= 11 is 0. The Bertz CT molecular complexity index is 1230. The number of rotatable bonds is 8. The molecule has 4 aliphatic carbocycles. The molecule has 3 fully saturated rings. The average molecular weight is 547 g/mol. The number of hydrogen-bond donors (Lipinski definition) is 3. The monoisotopic (exact) mass is 546 g/mol. The summed E-state index contributed by atoms with van der Waals surface area (Å²) in [5, 5.41) is 27.6. The molecule has 7 heteroatoms. The first kappa shape index (κ1) is 28.4. The van der Waals surface area contributed by atoms with E-state index in [1.165, 1.54) is 5.57 Å². The first-order valence-electron chi connectivity index (χ1n) is 14.7. The van der Waals surface area contributed by atoms with Crippen molar-refractivity contribution < 1.29 is 24.6 Å². The lowest BCUT2D eigenvalue weighted by atomic mass is 9.46. The predicted molar refractivity (Wildman–Crippen MR) is 153 cm³/mol. The molecule has 7 unspecified atom stereocenters. The Morgan fingerprint density at radius 3 is 2.60 bits per heavy atom. The smallest absolute Gasteiger partial charge is 0.304 e. The van der Waals surface area contributed by atoms with Gasteiger partial charge in [-0.1, -0.05) is 60.8 Å². The zero-order valence-corrected chi connectivity index (χ0v) is 23.7. The van der Waals surface area contributed by atoms with Gasteiger partial charge < -0.3 is 20.4 Å². The fraction of sp³-hybridized carbons (Fsp3) is 0.606. The highest BCUT2D eigenvalue weighted by Gasteiger charge is 2.63. The molecule has 0 heterocycles. The van der Waals surface area contributed by atoms with Crippen LogP contribution in [0.25, 0.3) is 0 Å². The van der Waals surface area contributed by atoms with Gasteiger partial charge in [0, 0.05) is 17.9 Å². The van der Waals surface area contributed by atoms with Crippen molar-refractivity contribution in [2.24, 2.45) is 33.7 Å². The molecule has 7 nitrogen and oxygen atoms in total. The number of aliphatic carboxylic acids is 1. The van der Waals surface area contributed by atoms with Gasteiger partial charge in [-0.2, -0.15) is 0 Å². The number of oxime groups is 1. The molecule has 1 amide bonds. The third-order valence-corrected chi connectivity index (χ3v) is 11.0. The molecule has 0 aliphatic heterocycles. The predicted octanol–water partition coefficient (Wildman–Crippen LogP) is 5.06. The molecule has 3 N–H and O–H groups in total. The van der Waals surface area contributed by atoms with Gasteiger partial charge in [-0.3, -0.25) is 9.59 Å². The van der Waals surface area contributed by atoms with Crippen molar-refractivity contribution in [3.05, 3.63) is 47.5 Å². The highest BCUT2D eigenvalue weighted by molar-refractivity contribution is 5.96. The molecule has 1 aromatic carbocycles. The third kappa shape index (κ3) is 5.07. The number of fused-ring (bicyclic) bond motifs is 5. The van der Waals surface area contributed by atoms with Crippen LogP contribution in [0.3, 0.4) is 0 Å². The molecule has 3 saturated carbocycles. The minimum absolute atomic E-state index is 0.0631. The van der Waals surface area contributed by atoms with Crippen molar-refractivity contribution in [1.82, 2.24) is 5.32 Å². The van der Waals surface area contributed by atoms with Crippen LogP contribution in [0.15, 0.2) is 47.1 Å². The van der Waals surface area contributed by atoms with Gasteiger partial charge in [0.2, 0.25) is 0 Å². The Morgan fingerprint density at radius 2 is 1.88 bits per heavy atom. The molecule has 0 saturated heterocycles. The second-order valence-corrected chi connectivity index (χ2v) is 12.9. The van der Waals surface area contributed by atoms with Crippen LogP contribution in [0.4, 0.5) is 0 Å². The Kier molecular flexibility index (Phi) is 7.85. The number of allylic oxidation sites excluding steroid dienone is 2. The van der Waals surface area contributed by atoms with E-state index in [1.807, 2.05) is 30.3 Å². The molecule has 0 radical (unpaired) electrons. The normalized spacial score (nSPS) is 36.3. The zero-order valence-electron chi connectivity index (χ0n) is 23.7. The van der Waals surface area contributed by atoms with E-state index in [0.29, 0.717) is 24.2 Å². The fourth-order valence-corrected chi connectivity index (χ4v) is 8.60. The van der Waals surface area contributed by atoms with Crippen molar-refractivity contribution in [3.8, 4) is 12.3 Å². The SMILES string of the molecule is C#CC1(O)CCC2C3CCC4=C/C(=N\OCC(=O)NCC(CC(=O)O)c5ccccc5)CCC4(C)C3CCC21C. The van der Waals surface area contributed by atoms with Crippen molar-refractivity contribution in [2.45, 2.75) is 83.2 Å². The number of amides is 1. The van der Waals surface area contributed by atoms with E-state index in [2.05, 4.69) is 36.3 Å². The van der Waals surface area contributed by atoms with Gasteiger partial charge in [0.25, 0.3) is 5.91 Å². The van der Waals surface area contributed by atoms with Gasteiger partial charge in [0.05, 0.1) is 12.1 Å². The third-order valence-electron chi connectivity index (χ3n) is 11.0. The van der Waals surface area contributed by atoms with E-state index in [4.69, 9.17) is 11.3 Å². The standard InChI is InChI=1S/C33H42N2O5/c1-4-33(39)17-14-28-26-11-10-24-19-25(12-15-31(24,2)27(26)13-16-32(28,33)3)35-40-21-29(36)34-20-23(18-30(37)38)22-8-6-5-7-9-22/h1,5-9,19,23,26-28,39H,10-18,20-21H2,2-3H3,(H,34,36)(H,37,38)/b35-25-. The lowest BCUT2D eigenvalue weighted by molar-refractivity contribution is -0.137. The number of carboxylic acids is 1. The van der Waals surface area contributed by atoms with Gasteiger partial charge in [0.1, 0.15) is 5.60 Å². The fourth-order valence-electron chi connectivity index (χ4n) is 8.60. The number of terminal acetylenes is 1. The van der Waals surface area contributed by atoms with E-state index in [9.17, 15) is 19.8 Å². The van der Waals surface area contributed by atoms with Gasteiger partial charge in [-0.05, 0) is 86.2 Å². The number of aliphatic hydroxyl groups is 1. The van der Waals surface area contributed by atoms with Crippen molar-refractivity contribution >= 4 is 17.6 Å². The number of nitrogens with one attached hydrogen (secondary N) is 1. The van der Waals surface area contributed by atoms with Crippen LogP contribution in [-0.4, -0.2) is 46.6 Å². The summed E-state index contributed by atoms with van der Waals surface area (Å²) in [6.45, 7) is 4.65. The Morgan fingerprint density at radius 1 is 1.12 bits per heavy atom. The lowest BCUT2D eigenvalue weighted by Gasteiger charge is -2.58. The maximum atomic E-state index is 12.4. The number of nitrogens with zero attached hydrogens (tertiary/aromatic N) is 1. The number of carboxylic acid groups (broad SMARTS) is 1. The molecular formula is C33H42N2O5. The summed E-state index contributed by atoms with van der Waals surface area (Å²) in [6.07, 6.45) is 15.7. The molecule has 1 aromatic rings. The molecular weight excluding hydrogens is 504 g/mol. The molecule has 7 atom stereocenters.